The number of esters is 2. The Labute approximate surface area is 221 Å². The summed E-state index contributed by atoms with van der Waals surface area (Å²) < 4.78 is 34.7. The second-order valence-electron chi connectivity index (χ2n) is 8.60. The molecule has 0 amide bonds. The predicted molar refractivity (Wildman–Crippen MR) is 132 cm³/mol. The fourth-order valence-corrected chi connectivity index (χ4v) is 2.48. The number of rotatable bonds is 15. The van der Waals surface area contributed by atoms with Crippen LogP contribution in [0.1, 0.15) is 45.0 Å². The van der Waals surface area contributed by atoms with Crippen LogP contribution >= 0.6 is 0 Å². The molecule has 1 aromatic rings. The molecule has 12 heteroatoms. The molecule has 0 aliphatic rings. The summed E-state index contributed by atoms with van der Waals surface area (Å²) in [6.07, 6.45) is -2.02. The molecule has 12 nitrogen and oxygen atoms in total. The van der Waals surface area contributed by atoms with Crippen molar-refractivity contribution in [3.8, 4) is 5.75 Å². The lowest BCUT2D eigenvalue weighted by Gasteiger charge is -2.23. The maximum Gasteiger partial charge on any atom is 0.509 e. The van der Waals surface area contributed by atoms with E-state index in [2.05, 4.69) is 6.58 Å². The van der Waals surface area contributed by atoms with E-state index in [-0.39, 0.29) is 56.7 Å². The van der Waals surface area contributed by atoms with Gasteiger partial charge in [-0.3, -0.25) is 9.59 Å². The monoisotopic (exact) mass is 538 g/mol. The Morgan fingerprint density at radius 3 is 1.82 bits per heavy atom. The minimum atomic E-state index is -1.53. The summed E-state index contributed by atoms with van der Waals surface area (Å²) >= 11 is 0. The van der Waals surface area contributed by atoms with Gasteiger partial charge in [-0.2, -0.15) is 0 Å². The molecule has 0 aromatic heterocycles. The van der Waals surface area contributed by atoms with Crippen LogP contribution in [0.4, 0.5) is 9.59 Å². The minimum absolute atomic E-state index is 0.0207. The van der Waals surface area contributed by atoms with Crippen LogP contribution in [-0.4, -0.2) is 75.3 Å². The van der Waals surface area contributed by atoms with E-state index in [1.165, 1.54) is 45.0 Å². The van der Waals surface area contributed by atoms with Gasteiger partial charge >= 0.3 is 24.2 Å². The molecular weight excluding hydrogens is 504 g/mol. The zero-order valence-electron chi connectivity index (χ0n) is 22.2. The Morgan fingerprint density at radius 1 is 0.763 bits per heavy atom. The van der Waals surface area contributed by atoms with Crippen molar-refractivity contribution in [2.75, 3.05) is 39.6 Å². The average Bonchev–Trinajstić information content (AvgIpc) is 2.86. The van der Waals surface area contributed by atoms with Crippen LogP contribution in [0.25, 0.3) is 0 Å². The highest BCUT2D eigenvalue weighted by Crippen LogP contribution is 2.20. The lowest BCUT2D eigenvalue weighted by molar-refractivity contribution is -0.148. The zero-order chi connectivity index (χ0) is 28.7. The van der Waals surface area contributed by atoms with Crippen LogP contribution in [0.15, 0.2) is 36.4 Å². The van der Waals surface area contributed by atoms with Crippen molar-refractivity contribution >= 4 is 30.0 Å². The fraction of sp³-hybridized carbons (Fsp3) is 0.500. The average molecular weight is 539 g/mol. The molecule has 210 valence electrons. The molecule has 0 bridgehead atoms. The van der Waals surface area contributed by atoms with E-state index in [0.717, 1.165) is 0 Å². The van der Waals surface area contributed by atoms with Gasteiger partial charge in [0.05, 0.1) is 5.92 Å². The summed E-state index contributed by atoms with van der Waals surface area (Å²) in [5, 5.41) is 0. The smallest absolute Gasteiger partial charge is 0.490 e. The normalized spacial score (nSPS) is 10.7. The molecule has 0 unspecified atom stereocenters. The summed E-state index contributed by atoms with van der Waals surface area (Å²) in [5.41, 5.74) is -1.07. The van der Waals surface area contributed by atoms with E-state index < -0.39 is 35.6 Å². The first kappa shape index (κ1) is 31.9. The summed E-state index contributed by atoms with van der Waals surface area (Å²) in [5.74, 6) is -1.36. The Morgan fingerprint density at radius 2 is 1.26 bits per heavy atom. The summed E-state index contributed by atoms with van der Waals surface area (Å²) in [7, 11) is 0. The molecule has 1 aromatic carbocycles. The second kappa shape index (κ2) is 15.9. The van der Waals surface area contributed by atoms with Gasteiger partial charge in [0, 0.05) is 11.1 Å². The van der Waals surface area contributed by atoms with Gasteiger partial charge in [-0.1, -0.05) is 20.4 Å². The Hall–Kier alpha value is -4.09. The Bertz CT molecular complexity index is 978. The molecule has 0 saturated carbocycles. The molecule has 0 radical (unpaired) electrons. The lowest BCUT2D eigenvalue weighted by atomic mass is 9.96. The van der Waals surface area contributed by atoms with E-state index in [9.17, 15) is 24.0 Å². The van der Waals surface area contributed by atoms with Gasteiger partial charge < -0.3 is 33.2 Å². The van der Waals surface area contributed by atoms with Crippen molar-refractivity contribution in [3.05, 3.63) is 42.0 Å². The van der Waals surface area contributed by atoms with Crippen molar-refractivity contribution in [1.82, 2.24) is 0 Å². The van der Waals surface area contributed by atoms with Gasteiger partial charge in [0.15, 0.2) is 5.60 Å². The van der Waals surface area contributed by atoms with Crippen LogP contribution in [0, 0.1) is 5.92 Å². The maximum atomic E-state index is 12.8. The number of hydrogen-bond acceptors (Lipinski definition) is 12. The summed E-state index contributed by atoms with van der Waals surface area (Å²) in [6, 6.07) is 6.02. The largest absolute Gasteiger partial charge is 0.509 e. The first-order valence-electron chi connectivity index (χ1n) is 11.8. The van der Waals surface area contributed by atoms with Gasteiger partial charge in [0.25, 0.3) is 0 Å². The molecule has 0 spiro atoms. The van der Waals surface area contributed by atoms with Gasteiger partial charge in [-0.05, 0) is 45.0 Å². The van der Waals surface area contributed by atoms with Gasteiger partial charge in [0.1, 0.15) is 45.4 Å². The van der Waals surface area contributed by atoms with Gasteiger partial charge in [0.2, 0.25) is 5.78 Å². The third-order valence-electron chi connectivity index (χ3n) is 4.48. The van der Waals surface area contributed by atoms with Crippen molar-refractivity contribution in [2.24, 2.45) is 5.92 Å². The molecule has 0 heterocycles. The molecule has 0 saturated heterocycles. The number of hydrogen-bond donors (Lipinski definition) is 0. The van der Waals surface area contributed by atoms with Crippen LogP contribution in [-0.2, 0) is 38.0 Å². The fourth-order valence-electron chi connectivity index (χ4n) is 2.48. The molecule has 0 aliphatic heterocycles. The predicted octanol–water partition coefficient (Wildman–Crippen LogP) is 3.65. The van der Waals surface area contributed by atoms with E-state index in [1.54, 1.807) is 13.8 Å². The number of carbonyl (C=O) groups is 5. The van der Waals surface area contributed by atoms with Crippen molar-refractivity contribution < 1.29 is 57.1 Å². The van der Waals surface area contributed by atoms with E-state index in [4.69, 9.17) is 33.2 Å². The maximum absolute atomic E-state index is 12.8. The molecule has 38 heavy (non-hydrogen) atoms. The highest BCUT2D eigenvalue weighted by Gasteiger charge is 2.33. The van der Waals surface area contributed by atoms with Crippen LogP contribution in [0.2, 0.25) is 0 Å². The number of ether oxygens (including phenoxy) is 7. The topological polar surface area (TPSA) is 150 Å². The lowest BCUT2D eigenvalue weighted by Crippen LogP contribution is -2.37. The second-order valence-corrected chi connectivity index (χ2v) is 8.60. The number of Topliss-reactive ketones (excluding diaryl/α,β-unsaturated/α-hetero) is 1. The SMILES string of the molecule is C=C(C)C(=O)OCCOC(=O)OC(C)(C)C(=O)c1ccc(OCCOC(=O)OCCOC(=O)C(C)C)cc1. The zero-order valence-corrected chi connectivity index (χ0v) is 22.2. The van der Waals surface area contributed by atoms with Crippen molar-refractivity contribution in [3.63, 3.8) is 0 Å². The van der Waals surface area contributed by atoms with Gasteiger partial charge in [-0.25, -0.2) is 14.4 Å². The molecule has 1 rings (SSSR count). The molecule has 0 aliphatic carbocycles. The summed E-state index contributed by atoms with van der Waals surface area (Å²) in [4.78, 5) is 58.8. The highest BCUT2D eigenvalue weighted by atomic mass is 16.7. The third kappa shape index (κ3) is 12.2. The van der Waals surface area contributed by atoms with Gasteiger partial charge in [-0.15, -0.1) is 0 Å². The van der Waals surface area contributed by atoms with Crippen LogP contribution in [0.5, 0.6) is 5.75 Å². The summed E-state index contributed by atoms with van der Waals surface area (Å²) in [6.45, 7) is 10.4. The Kier molecular flexibility index (Phi) is 13.4. The molecular formula is C26H34O12. The first-order chi connectivity index (χ1) is 17.8. The quantitative estimate of drug-likeness (QED) is 0.105. The van der Waals surface area contributed by atoms with E-state index in [1.807, 2.05) is 0 Å². The minimum Gasteiger partial charge on any atom is -0.490 e. The number of benzene rings is 1. The van der Waals surface area contributed by atoms with Crippen molar-refractivity contribution in [2.45, 2.75) is 40.2 Å². The van der Waals surface area contributed by atoms with Crippen LogP contribution in [0.3, 0.4) is 0 Å². The highest BCUT2D eigenvalue weighted by molar-refractivity contribution is 6.02. The standard InChI is InChI=1S/C26H34O12/c1-17(2)22(28)33-12-15-36-24(30)35-14-11-32-20-9-7-19(8-10-20)21(27)26(5,6)38-25(31)37-16-13-34-23(29)18(3)4/h7-10,17H,3,11-16H2,1-2,4-6H3. The van der Waals surface area contributed by atoms with E-state index in [0.29, 0.717) is 5.75 Å². The number of carbonyl (C=O) groups excluding carboxylic acids is 5. The van der Waals surface area contributed by atoms with E-state index >= 15 is 0 Å². The molecule has 0 N–H and O–H groups in total. The first-order valence-corrected chi connectivity index (χ1v) is 11.8. The Balaban J connectivity index is 2.36. The number of ketones is 1. The third-order valence-corrected chi connectivity index (χ3v) is 4.48. The van der Waals surface area contributed by atoms with Crippen LogP contribution < -0.4 is 4.74 Å². The van der Waals surface area contributed by atoms with Crippen molar-refractivity contribution in [1.29, 1.82) is 0 Å². The molecule has 0 atom stereocenters. The molecule has 0 fully saturated rings.